The number of nitrogens with zero attached hydrogens (tertiary/aromatic N) is 3. The zero-order chi connectivity index (χ0) is 14.8. The molecule has 1 aromatic carbocycles. The minimum Gasteiger partial charge on any atom is -0.461 e. The molecule has 0 saturated carbocycles. The number of oxazole rings is 1. The molecule has 7 nitrogen and oxygen atoms in total. The van der Waals surface area contributed by atoms with E-state index in [0.717, 1.165) is 11.7 Å². The number of hydrogen-bond acceptors (Lipinski definition) is 8. The van der Waals surface area contributed by atoms with E-state index in [2.05, 4.69) is 19.0 Å². The molecule has 9 heteroatoms. The summed E-state index contributed by atoms with van der Waals surface area (Å²) in [6.45, 7) is 1.98. The SMILES string of the molecule is CCOC(=O)c1coc(Nc2c(Cl)ccc3nsnc23)n1. The molecule has 0 spiro atoms. The Morgan fingerprint density at radius 1 is 1.48 bits per heavy atom. The van der Waals surface area contributed by atoms with E-state index in [9.17, 15) is 4.79 Å². The van der Waals surface area contributed by atoms with E-state index < -0.39 is 5.97 Å². The number of aromatic nitrogens is 3. The van der Waals surface area contributed by atoms with Gasteiger partial charge in [-0.3, -0.25) is 0 Å². The summed E-state index contributed by atoms with van der Waals surface area (Å²) in [6, 6.07) is 3.59. The predicted octanol–water partition coefficient (Wildman–Crippen LogP) is 3.25. The third-order valence-electron chi connectivity index (χ3n) is 2.60. The van der Waals surface area contributed by atoms with Crippen molar-refractivity contribution in [2.24, 2.45) is 0 Å². The zero-order valence-electron chi connectivity index (χ0n) is 10.8. The molecule has 2 heterocycles. The molecule has 0 saturated heterocycles. The highest BCUT2D eigenvalue weighted by Gasteiger charge is 2.16. The number of ether oxygens (including phenoxy) is 1. The van der Waals surface area contributed by atoms with E-state index in [-0.39, 0.29) is 18.3 Å². The van der Waals surface area contributed by atoms with Gasteiger partial charge in [0.05, 0.1) is 29.0 Å². The summed E-state index contributed by atoms with van der Waals surface area (Å²) < 4.78 is 18.3. The molecule has 0 aliphatic heterocycles. The highest BCUT2D eigenvalue weighted by atomic mass is 35.5. The van der Waals surface area contributed by atoms with E-state index in [4.69, 9.17) is 20.8 Å². The molecule has 108 valence electrons. The molecule has 0 amide bonds. The standard InChI is InChI=1S/C12H9ClN4O3S/c1-2-19-11(18)8-5-20-12(14-8)15-9-6(13)3-4-7-10(9)17-21-16-7/h3-5H,2H2,1H3,(H,14,15). The van der Waals surface area contributed by atoms with Gasteiger partial charge >= 0.3 is 5.97 Å². The molecule has 0 aliphatic rings. The van der Waals surface area contributed by atoms with Crippen LogP contribution in [0.2, 0.25) is 5.02 Å². The van der Waals surface area contributed by atoms with E-state index in [1.54, 1.807) is 19.1 Å². The normalized spacial score (nSPS) is 10.8. The number of rotatable bonds is 4. The van der Waals surface area contributed by atoms with Gasteiger partial charge in [0.15, 0.2) is 5.69 Å². The summed E-state index contributed by atoms with van der Waals surface area (Å²) in [7, 11) is 0. The van der Waals surface area contributed by atoms with Gasteiger partial charge < -0.3 is 14.5 Å². The lowest BCUT2D eigenvalue weighted by atomic mass is 10.2. The number of benzene rings is 1. The quantitative estimate of drug-likeness (QED) is 0.736. The van der Waals surface area contributed by atoms with Gasteiger partial charge in [0.25, 0.3) is 6.01 Å². The van der Waals surface area contributed by atoms with Crippen molar-refractivity contribution < 1.29 is 13.9 Å². The van der Waals surface area contributed by atoms with Crippen molar-refractivity contribution in [3.05, 3.63) is 29.1 Å². The fraction of sp³-hybridized carbons (Fsp3) is 0.167. The van der Waals surface area contributed by atoms with Gasteiger partial charge in [-0.15, -0.1) is 0 Å². The fourth-order valence-electron chi connectivity index (χ4n) is 1.68. The maximum atomic E-state index is 11.5. The zero-order valence-corrected chi connectivity index (χ0v) is 12.4. The smallest absolute Gasteiger partial charge is 0.360 e. The van der Waals surface area contributed by atoms with Crippen LogP contribution >= 0.6 is 23.3 Å². The van der Waals surface area contributed by atoms with Gasteiger partial charge in [-0.2, -0.15) is 13.7 Å². The summed E-state index contributed by atoms with van der Waals surface area (Å²) in [5.41, 5.74) is 1.94. The first-order valence-corrected chi connectivity index (χ1v) is 7.10. The Bertz CT molecular complexity index is 801. The lowest BCUT2D eigenvalue weighted by molar-refractivity contribution is 0.0519. The average molecular weight is 325 g/mol. The van der Waals surface area contributed by atoms with E-state index in [1.165, 1.54) is 6.26 Å². The molecule has 1 N–H and O–H groups in total. The summed E-state index contributed by atoms with van der Waals surface area (Å²) >= 11 is 7.22. The molecule has 0 radical (unpaired) electrons. The minimum absolute atomic E-state index is 0.0825. The molecule has 3 aromatic rings. The number of hydrogen-bond donors (Lipinski definition) is 1. The van der Waals surface area contributed by atoms with E-state index in [1.807, 2.05) is 0 Å². The minimum atomic E-state index is -0.547. The molecule has 21 heavy (non-hydrogen) atoms. The van der Waals surface area contributed by atoms with Crippen molar-refractivity contribution in [3.63, 3.8) is 0 Å². The number of anilines is 2. The first-order chi connectivity index (χ1) is 10.2. The third-order valence-corrected chi connectivity index (χ3v) is 3.46. The third kappa shape index (κ3) is 2.67. The second-order valence-electron chi connectivity index (χ2n) is 3.94. The fourth-order valence-corrected chi connectivity index (χ4v) is 2.42. The summed E-state index contributed by atoms with van der Waals surface area (Å²) in [5, 5.41) is 3.36. The first-order valence-electron chi connectivity index (χ1n) is 5.99. The van der Waals surface area contributed by atoms with Gasteiger partial charge in [-0.25, -0.2) is 4.79 Å². The van der Waals surface area contributed by atoms with Crippen molar-refractivity contribution >= 4 is 52.0 Å². The molecule has 0 fully saturated rings. The second-order valence-corrected chi connectivity index (χ2v) is 4.87. The van der Waals surface area contributed by atoms with Gasteiger partial charge in [0.1, 0.15) is 17.3 Å². The number of fused-ring (bicyclic) bond motifs is 1. The van der Waals surface area contributed by atoms with Gasteiger partial charge in [-0.05, 0) is 19.1 Å². The van der Waals surface area contributed by atoms with Crippen LogP contribution in [0.5, 0.6) is 0 Å². The average Bonchev–Trinajstić information content (AvgIpc) is 3.11. The lowest BCUT2D eigenvalue weighted by Gasteiger charge is -2.04. The Morgan fingerprint density at radius 3 is 3.14 bits per heavy atom. The summed E-state index contributed by atoms with van der Waals surface area (Å²) in [6.07, 6.45) is 1.22. The Hall–Kier alpha value is -2.19. The van der Waals surface area contributed by atoms with Gasteiger partial charge in [0.2, 0.25) is 0 Å². The molecule has 0 unspecified atom stereocenters. The Labute approximate surface area is 128 Å². The van der Waals surface area contributed by atoms with Crippen molar-refractivity contribution in [3.8, 4) is 0 Å². The number of esters is 1. The largest absolute Gasteiger partial charge is 0.461 e. The summed E-state index contributed by atoms with van der Waals surface area (Å²) in [5.74, 6) is -0.547. The second kappa shape index (κ2) is 5.66. The number of halogens is 1. The molecule has 3 rings (SSSR count). The van der Waals surface area contributed by atoms with E-state index >= 15 is 0 Å². The molecule has 0 bridgehead atoms. The summed E-state index contributed by atoms with van der Waals surface area (Å²) in [4.78, 5) is 15.5. The number of carbonyl (C=O) groups excluding carboxylic acids is 1. The van der Waals surface area contributed by atoms with Crippen LogP contribution in [0, 0.1) is 0 Å². The maximum absolute atomic E-state index is 11.5. The van der Waals surface area contributed by atoms with Crippen LogP contribution in [-0.4, -0.2) is 26.3 Å². The molecule has 2 aromatic heterocycles. The van der Waals surface area contributed by atoms with Crippen LogP contribution in [0.25, 0.3) is 11.0 Å². The molecule has 0 atom stereocenters. The monoisotopic (exact) mass is 324 g/mol. The van der Waals surface area contributed by atoms with Crippen LogP contribution < -0.4 is 5.32 Å². The van der Waals surface area contributed by atoms with Crippen LogP contribution in [0.4, 0.5) is 11.7 Å². The Morgan fingerprint density at radius 2 is 2.33 bits per heavy atom. The molecular weight excluding hydrogens is 316 g/mol. The molecule has 0 aliphatic carbocycles. The highest BCUT2D eigenvalue weighted by molar-refractivity contribution is 7.00. The topological polar surface area (TPSA) is 90.1 Å². The molecular formula is C12H9ClN4O3S. The Kier molecular flexibility index (Phi) is 3.72. The van der Waals surface area contributed by atoms with Crippen molar-refractivity contribution in [1.29, 1.82) is 0 Å². The predicted molar refractivity (Wildman–Crippen MR) is 78.2 cm³/mol. The number of nitrogens with one attached hydrogen (secondary N) is 1. The van der Waals surface area contributed by atoms with Crippen LogP contribution in [0.3, 0.4) is 0 Å². The van der Waals surface area contributed by atoms with Crippen molar-refractivity contribution in [2.45, 2.75) is 6.92 Å². The maximum Gasteiger partial charge on any atom is 0.360 e. The number of carbonyl (C=O) groups is 1. The highest BCUT2D eigenvalue weighted by Crippen LogP contribution is 2.32. The first kappa shape index (κ1) is 13.8. The van der Waals surface area contributed by atoms with Crippen LogP contribution in [0.1, 0.15) is 17.4 Å². The van der Waals surface area contributed by atoms with Crippen molar-refractivity contribution in [2.75, 3.05) is 11.9 Å². The van der Waals surface area contributed by atoms with Crippen molar-refractivity contribution in [1.82, 2.24) is 13.7 Å². The van der Waals surface area contributed by atoms with Gasteiger partial charge in [0, 0.05) is 0 Å². The Balaban J connectivity index is 1.90. The van der Waals surface area contributed by atoms with E-state index in [0.29, 0.717) is 21.7 Å². The van der Waals surface area contributed by atoms with Crippen LogP contribution in [-0.2, 0) is 4.74 Å². The van der Waals surface area contributed by atoms with Crippen LogP contribution in [0.15, 0.2) is 22.8 Å². The van der Waals surface area contributed by atoms with Gasteiger partial charge in [-0.1, -0.05) is 11.6 Å². The lowest BCUT2D eigenvalue weighted by Crippen LogP contribution is -2.05.